The van der Waals surface area contributed by atoms with E-state index in [-0.39, 0.29) is 0 Å². The maximum atomic E-state index is 5.61. The Labute approximate surface area is 90.6 Å². The first-order valence-corrected chi connectivity index (χ1v) is 5.49. The zero-order valence-electron chi connectivity index (χ0n) is 7.90. The van der Waals surface area contributed by atoms with Gasteiger partial charge in [0.1, 0.15) is 0 Å². The molecule has 0 spiro atoms. The van der Waals surface area contributed by atoms with E-state index in [1.807, 2.05) is 11.6 Å². The van der Waals surface area contributed by atoms with Crippen LogP contribution >= 0.6 is 11.3 Å². The first-order valence-electron chi connectivity index (χ1n) is 4.61. The first kappa shape index (κ1) is 8.49. The lowest BCUT2D eigenvalue weighted by molar-refractivity contribution is 1.41. The number of nitrogens with two attached hydrogens (primary N) is 1. The number of thiazole rings is 1. The Morgan fingerprint density at radius 3 is 3.00 bits per heavy atom. The van der Waals surface area contributed by atoms with Crippen LogP contribution in [0.3, 0.4) is 0 Å². The molecule has 2 aromatic heterocycles. The van der Waals surface area contributed by atoms with Gasteiger partial charge in [0, 0.05) is 22.7 Å². The lowest BCUT2D eigenvalue weighted by atomic mass is 10.1. The zero-order valence-corrected chi connectivity index (χ0v) is 8.71. The van der Waals surface area contributed by atoms with Crippen LogP contribution in [0, 0.1) is 0 Å². The van der Waals surface area contributed by atoms with Gasteiger partial charge in [-0.1, -0.05) is 12.1 Å². The molecule has 2 heterocycles. The molecule has 0 atom stereocenters. The molecular weight excluding hydrogens is 206 g/mol. The summed E-state index contributed by atoms with van der Waals surface area (Å²) in [5.41, 5.74) is 8.77. The van der Waals surface area contributed by atoms with Crippen LogP contribution in [0.4, 0.5) is 5.13 Å². The van der Waals surface area contributed by atoms with Crippen LogP contribution < -0.4 is 5.73 Å². The third-order valence-corrected chi connectivity index (χ3v) is 3.05. The van der Waals surface area contributed by atoms with Gasteiger partial charge in [-0.25, -0.2) is 4.98 Å². The van der Waals surface area contributed by atoms with E-state index in [2.05, 4.69) is 34.2 Å². The Balaban J connectivity index is 2.18. The molecule has 3 N–H and O–H groups in total. The van der Waals surface area contributed by atoms with Crippen molar-refractivity contribution < 1.29 is 0 Å². The van der Waals surface area contributed by atoms with Crippen LogP contribution in [0.2, 0.25) is 0 Å². The van der Waals surface area contributed by atoms with E-state index in [1.54, 1.807) is 0 Å². The van der Waals surface area contributed by atoms with Gasteiger partial charge in [0.15, 0.2) is 5.13 Å². The Bertz CT molecular complexity index is 609. The van der Waals surface area contributed by atoms with Crippen LogP contribution in [0.5, 0.6) is 0 Å². The van der Waals surface area contributed by atoms with E-state index >= 15 is 0 Å². The van der Waals surface area contributed by atoms with Gasteiger partial charge >= 0.3 is 0 Å². The number of aromatic nitrogens is 2. The van der Waals surface area contributed by atoms with Gasteiger partial charge in [-0.15, -0.1) is 11.3 Å². The predicted octanol–water partition coefficient (Wildman–Crippen LogP) is 2.87. The van der Waals surface area contributed by atoms with Crippen molar-refractivity contribution in [3.05, 3.63) is 35.8 Å². The molecule has 0 bridgehead atoms. The highest BCUT2D eigenvalue weighted by Gasteiger charge is 2.03. The molecule has 0 radical (unpaired) electrons. The fraction of sp³-hybridized carbons (Fsp3) is 0. The van der Waals surface area contributed by atoms with Crippen molar-refractivity contribution in [3.8, 4) is 11.3 Å². The van der Waals surface area contributed by atoms with Crippen LogP contribution in [-0.4, -0.2) is 9.97 Å². The van der Waals surface area contributed by atoms with E-state index in [1.165, 1.54) is 16.7 Å². The van der Waals surface area contributed by atoms with Crippen molar-refractivity contribution in [1.29, 1.82) is 0 Å². The number of aromatic amines is 1. The van der Waals surface area contributed by atoms with Gasteiger partial charge in [0.05, 0.1) is 5.69 Å². The number of nitrogen functional groups attached to an aromatic ring is 1. The van der Waals surface area contributed by atoms with Gasteiger partial charge in [-0.2, -0.15) is 0 Å². The second kappa shape index (κ2) is 3.10. The summed E-state index contributed by atoms with van der Waals surface area (Å²) in [6.07, 6.45) is 1.93. The number of fused-ring (bicyclic) bond motifs is 1. The second-order valence-electron chi connectivity index (χ2n) is 3.35. The maximum absolute atomic E-state index is 5.61. The van der Waals surface area contributed by atoms with Gasteiger partial charge in [-0.3, -0.25) is 0 Å². The topological polar surface area (TPSA) is 54.7 Å². The summed E-state index contributed by atoms with van der Waals surface area (Å²) in [5, 5.41) is 3.79. The minimum Gasteiger partial charge on any atom is -0.375 e. The first-order chi connectivity index (χ1) is 7.33. The number of nitrogens with zero attached hydrogens (tertiary/aromatic N) is 1. The van der Waals surface area contributed by atoms with E-state index in [4.69, 9.17) is 5.73 Å². The molecule has 0 aliphatic heterocycles. The molecule has 3 aromatic rings. The van der Waals surface area contributed by atoms with Crippen molar-refractivity contribution in [1.82, 2.24) is 9.97 Å². The number of hydrogen-bond acceptors (Lipinski definition) is 3. The minimum atomic E-state index is 0.608. The normalized spacial score (nSPS) is 10.9. The van der Waals surface area contributed by atoms with E-state index in [0.717, 1.165) is 16.8 Å². The van der Waals surface area contributed by atoms with Crippen molar-refractivity contribution in [2.24, 2.45) is 0 Å². The van der Waals surface area contributed by atoms with Gasteiger partial charge in [0.25, 0.3) is 0 Å². The van der Waals surface area contributed by atoms with Crippen molar-refractivity contribution in [2.75, 3.05) is 5.73 Å². The van der Waals surface area contributed by atoms with E-state index < -0.39 is 0 Å². The predicted molar refractivity (Wildman–Crippen MR) is 63.8 cm³/mol. The molecule has 0 amide bonds. The van der Waals surface area contributed by atoms with Crippen LogP contribution in [0.1, 0.15) is 0 Å². The molecule has 0 unspecified atom stereocenters. The summed E-state index contributed by atoms with van der Waals surface area (Å²) in [6.45, 7) is 0. The number of rotatable bonds is 1. The van der Waals surface area contributed by atoms with Gasteiger partial charge in [0.2, 0.25) is 0 Å². The molecule has 3 nitrogen and oxygen atoms in total. The highest BCUT2D eigenvalue weighted by atomic mass is 32.1. The fourth-order valence-electron chi connectivity index (χ4n) is 1.63. The number of anilines is 1. The molecule has 0 fully saturated rings. The summed E-state index contributed by atoms with van der Waals surface area (Å²) in [4.78, 5) is 7.44. The average molecular weight is 215 g/mol. The molecule has 3 rings (SSSR count). The fourth-order valence-corrected chi connectivity index (χ4v) is 2.20. The number of hydrogen-bond donors (Lipinski definition) is 2. The van der Waals surface area contributed by atoms with Crippen LogP contribution in [0.25, 0.3) is 22.2 Å². The van der Waals surface area contributed by atoms with Crippen molar-refractivity contribution in [2.45, 2.75) is 0 Å². The second-order valence-corrected chi connectivity index (χ2v) is 4.24. The third kappa shape index (κ3) is 1.39. The summed E-state index contributed by atoms with van der Waals surface area (Å²) >= 11 is 1.46. The molecule has 0 aliphatic rings. The Kier molecular flexibility index (Phi) is 1.76. The summed E-state index contributed by atoms with van der Waals surface area (Å²) in [7, 11) is 0. The Morgan fingerprint density at radius 2 is 2.20 bits per heavy atom. The van der Waals surface area contributed by atoms with Crippen molar-refractivity contribution >= 4 is 27.4 Å². The quantitative estimate of drug-likeness (QED) is 0.655. The molecule has 4 heteroatoms. The van der Waals surface area contributed by atoms with E-state index in [0.29, 0.717) is 5.13 Å². The molecule has 1 aromatic carbocycles. The molecule has 0 saturated carbocycles. The summed E-state index contributed by atoms with van der Waals surface area (Å²) in [5.74, 6) is 0. The standard InChI is InChI=1S/C11H9N3S/c12-11-14-10(6-15-11)8-2-1-7-3-4-13-9(7)5-8/h1-6,13H,(H2,12,14). The van der Waals surface area contributed by atoms with E-state index in [9.17, 15) is 0 Å². The lowest BCUT2D eigenvalue weighted by Gasteiger charge is -1.96. The lowest BCUT2D eigenvalue weighted by Crippen LogP contribution is -1.82. The monoisotopic (exact) mass is 215 g/mol. The SMILES string of the molecule is Nc1nc(-c2ccc3cc[nH]c3c2)cs1. The maximum Gasteiger partial charge on any atom is 0.180 e. The molecule has 74 valence electrons. The highest BCUT2D eigenvalue weighted by molar-refractivity contribution is 7.13. The third-order valence-electron chi connectivity index (χ3n) is 2.37. The number of nitrogens with one attached hydrogen (secondary N) is 1. The molecule has 0 saturated heterocycles. The Hall–Kier alpha value is -1.81. The average Bonchev–Trinajstić information content (AvgIpc) is 2.84. The largest absolute Gasteiger partial charge is 0.375 e. The molecule has 15 heavy (non-hydrogen) atoms. The van der Waals surface area contributed by atoms with Gasteiger partial charge < -0.3 is 10.7 Å². The molecular formula is C11H9N3S. The minimum absolute atomic E-state index is 0.608. The van der Waals surface area contributed by atoms with Crippen LogP contribution in [-0.2, 0) is 0 Å². The zero-order chi connectivity index (χ0) is 10.3. The van der Waals surface area contributed by atoms with Gasteiger partial charge in [-0.05, 0) is 17.5 Å². The van der Waals surface area contributed by atoms with Crippen LogP contribution in [0.15, 0.2) is 35.8 Å². The molecule has 0 aliphatic carbocycles. The number of benzene rings is 1. The van der Waals surface area contributed by atoms with Crippen molar-refractivity contribution in [3.63, 3.8) is 0 Å². The highest BCUT2D eigenvalue weighted by Crippen LogP contribution is 2.25. The summed E-state index contributed by atoms with van der Waals surface area (Å²) in [6, 6.07) is 8.28. The smallest absolute Gasteiger partial charge is 0.180 e. The summed E-state index contributed by atoms with van der Waals surface area (Å²) < 4.78 is 0. The Morgan fingerprint density at radius 1 is 1.27 bits per heavy atom. The number of H-pyrrole nitrogens is 1.